The zero-order chi connectivity index (χ0) is 22.0. The van der Waals surface area contributed by atoms with E-state index < -0.39 is 0 Å². The molecule has 31 heavy (non-hydrogen) atoms. The van der Waals surface area contributed by atoms with Crippen LogP contribution in [0, 0.1) is 0 Å². The van der Waals surface area contributed by atoms with Gasteiger partial charge in [-0.3, -0.25) is 14.2 Å². The number of halogens is 1. The van der Waals surface area contributed by atoms with Crippen LogP contribution >= 0.6 is 23.4 Å². The Kier molecular flexibility index (Phi) is 6.30. The number of rotatable bonds is 7. The van der Waals surface area contributed by atoms with E-state index >= 15 is 0 Å². The van der Waals surface area contributed by atoms with E-state index in [1.807, 2.05) is 54.3 Å². The highest BCUT2D eigenvalue weighted by molar-refractivity contribution is 7.98. The fourth-order valence-corrected chi connectivity index (χ4v) is 4.27. The van der Waals surface area contributed by atoms with Crippen molar-refractivity contribution in [3.8, 4) is 0 Å². The van der Waals surface area contributed by atoms with Gasteiger partial charge in [0.05, 0.1) is 5.39 Å². The number of ketones is 1. The van der Waals surface area contributed by atoms with Gasteiger partial charge in [-0.1, -0.05) is 54.6 Å². The molecular weight excluding hydrogens is 430 g/mol. The SMILES string of the molecule is CCCn1c(SC)nc2c(ccn2Cc2ccc(C(=O)c3ccc(Cl)cc3)cc2)c1=O. The summed E-state index contributed by atoms with van der Waals surface area (Å²) in [4.78, 5) is 30.3. The standard InChI is InChI=1S/C24H22ClN3O2S/c1-3-13-28-23(30)20-12-14-27(22(20)26-24(28)31-2)15-16-4-6-17(7-5-16)21(29)18-8-10-19(25)11-9-18/h4-12,14H,3,13,15H2,1-2H3. The van der Waals surface area contributed by atoms with Crippen LogP contribution < -0.4 is 5.56 Å². The zero-order valence-corrected chi connectivity index (χ0v) is 18.9. The van der Waals surface area contributed by atoms with Gasteiger partial charge in [-0.05, 0) is 48.6 Å². The second kappa shape index (κ2) is 9.12. The van der Waals surface area contributed by atoms with Gasteiger partial charge in [0.15, 0.2) is 10.9 Å². The summed E-state index contributed by atoms with van der Waals surface area (Å²) >= 11 is 7.38. The van der Waals surface area contributed by atoms with Gasteiger partial charge in [-0.2, -0.15) is 0 Å². The van der Waals surface area contributed by atoms with Crippen LogP contribution in [-0.4, -0.2) is 26.2 Å². The van der Waals surface area contributed by atoms with Crippen molar-refractivity contribution in [2.75, 3.05) is 6.26 Å². The molecule has 0 N–H and O–H groups in total. The Morgan fingerprint density at radius 1 is 1.03 bits per heavy atom. The number of nitrogens with zero attached hydrogens (tertiary/aromatic N) is 3. The van der Waals surface area contributed by atoms with E-state index in [9.17, 15) is 9.59 Å². The highest BCUT2D eigenvalue weighted by atomic mass is 35.5. The molecule has 0 fully saturated rings. The summed E-state index contributed by atoms with van der Waals surface area (Å²) in [6, 6.07) is 16.2. The maximum absolute atomic E-state index is 12.9. The lowest BCUT2D eigenvalue weighted by Gasteiger charge is -2.11. The third kappa shape index (κ3) is 4.31. The molecule has 158 valence electrons. The molecule has 4 aromatic rings. The summed E-state index contributed by atoms with van der Waals surface area (Å²) in [6.45, 7) is 3.27. The number of hydrogen-bond donors (Lipinski definition) is 0. The van der Waals surface area contributed by atoms with Crippen LogP contribution in [0.25, 0.3) is 11.0 Å². The Balaban J connectivity index is 1.61. The second-order valence-corrected chi connectivity index (χ2v) is 8.48. The highest BCUT2D eigenvalue weighted by Gasteiger charge is 2.14. The number of hydrogen-bond acceptors (Lipinski definition) is 4. The molecule has 0 amide bonds. The predicted molar refractivity (Wildman–Crippen MR) is 126 cm³/mol. The van der Waals surface area contributed by atoms with Gasteiger partial charge in [-0.25, -0.2) is 4.98 Å². The third-order valence-corrected chi connectivity index (χ3v) is 6.08. The zero-order valence-electron chi connectivity index (χ0n) is 17.3. The lowest BCUT2D eigenvalue weighted by Crippen LogP contribution is -2.23. The first-order valence-electron chi connectivity index (χ1n) is 10.0. The van der Waals surface area contributed by atoms with Gasteiger partial charge in [0.1, 0.15) is 5.65 Å². The summed E-state index contributed by atoms with van der Waals surface area (Å²) in [5, 5.41) is 1.95. The minimum absolute atomic E-state index is 0.00106. The maximum atomic E-state index is 12.9. The van der Waals surface area contributed by atoms with Crippen molar-refractivity contribution in [2.24, 2.45) is 0 Å². The molecule has 0 radical (unpaired) electrons. The molecule has 0 atom stereocenters. The molecule has 0 bridgehead atoms. The largest absolute Gasteiger partial charge is 0.328 e. The third-order valence-electron chi connectivity index (χ3n) is 5.15. The number of carbonyl (C=O) groups excluding carboxylic acids is 1. The van der Waals surface area contributed by atoms with Crippen LogP contribution in [0.3, 0.4) is 0 Å². The van der Waals surface area contributed by atoms with Crippen molar-refractivity contribution >= 4 is 40.2 Å². The van der Waals surface area contributed by atoms with Crippen LogP contribution in [0.5, 0.6) is 0 Å². The molecule has 0 saturated heterocycles. The van der Waals surface area contributed by atoms with Crippen LogP contribution in [0.2, 0.25) is 5.02 Å². The molecule has 0 aliphatic carbocycles. The molecule has 2 aromatic carbocycles. The lowest BCUT2D eigenvalue weighted by molar-refractivity contribution is 0.103. The fourth-order valence-electron chi connectivity index (χ4n) is 3.57. The van der Waals surface area contributed by atoms with E-state index in [2.05, 4.69) is 0 Å². The Labute approximate surface area is 189 Å². The molecule has 2 heterocycles. The summed E-state index contributed by atoms with van der Waals surface area (Å²) in [6.07, 6.45) is 4.71. The lowest BCUT2D eigenvalue weighted by atomic mass is 10.0. The normalized spacial score (nSPS) is 11.2. The minimum Gasteiger partial charge on any atom is -0.328 e. The van der Waals surface area contributed by atoms with Crippen LogP contribution in [0.1, 0.15) is 34.8 Å². The van der Waals surface area contributed by atoms with Gasteiger partial charge in [0.25, 0.3) is 5.56 Å². The molecular formula is C24H22ClN3O2S. The quantitative estimate of drug-likeness (QED) is 0.218. The van der Waals surface area contributed by atoms with Crippen LogP contribution in [0.15, 0.2) is 70.7 Å². The highest BCUT2D eigenvalue weighted by Crippen LogP contribution is 2.19. The topological polar surface area (TPSA) is 56.9 Å². The molecule has 0 aliphatic rings. The Bertz CT molecular complexity index is 1290. The first-order chi connectivity index (χ1) is 15.0. The van der Waals surface area contributed by atoms with Crippen molar-refractivity contribution in [3.05, 3.63) is 92.9 Å². The number of thioether (sulfide) groups is 1. The van der Waals surface area contributed by atoms with Crippen molar-refractivity contribution in [1.82, 2.24) is 14.1 Å². The molecule has 0 spiro atoms. The van der Waals surface area contributed by atoms with E-state index in [4.69, 9.17) is 16.6 Å². The Morgan fingerprint density at radius 3 is 2.29 bits per heavy atom. The fraction of sp³-hybridized carbons (Fsp3) is 0.208. The van der Waals surface area contributed by atoms with E-state index in [0.29, 0.717) is 40.3 Å². The van der Waals surface area contributed by atoms with E-state index in [-0.39, 0.29) is 11.3 Å². The van der Waals surface area contributed by atoms with Gasteiger partial charge >= 0.3 is 0 Å². The number of carbonyl (C=O) groups is 1. The van der Waals surface area contributed by atoms with E-state index in [1.54, 1.807) is 28.8 Å². The minimum atomic E-state index is -0.0441. The number of aromatic nitrogens is 3. The Hall–Kier alpha value is -2.83. The molecule has 0 unspecified atom stereocenters. The summed E-state index contributed by atoms with van der Waals surface area (Å²) in [5.41, 5.74) is 2.93. The molecule has 0 saturated carbocycles. The van der Waals surface area contributed by atoms with E-state index in [0.717, 1.165) is 17.1 Å². The van der Waals surface area contributed by atoms with Crippen LogP contribution in [-0.2, 0) is 13.1 Å². The average molecular weight is 452 g/mol. The molecule has 0 aliphatic heterocycles. The molecule has 5 nitrogen and oxygen atoms in total. The predicted octanol–water partition coefficient (Wildman–Crippen LogP) is 5.26. The monoisotopic (exact) mass is 451 g/mol. The smallest absolute Gasteiger partial charge is 0.263 e. The summed E-state index contributed by atoms with van der Waals surface area (Å²) in [7, 11) is 0. The van der Waals surface area contributed by atoms with Crippen molar-refractivity contribution < 1.29 is 4.79 Å². The summed E-state index contributed by atoms with van der Waals surface area (Å²) < 4.78 is 3.72. The second-order valence-electron chi connectivity index (χ2n) is 7.27. The number of benzene rings is 2. The molecule has 4 rings (SSSR count). The molecule has 2 aromatic heterocycles. The van der Waals surface area contributed by atoms with Gasteiger partial charge in [0.2, 0.25) is 0 Å². The van der Waals surface area contributed by atoms with Gasteiger partial charge < -0.3 is 4.57 Å². The average Bonchev–Trinajstić information content (AvgIpc) is 3.19. The summed E-state index contributed by atoms with van der Waals surface area (Å²) in [5.74, 6) is -0.0441. The first-order valence-corrected chi connectivity index (χ1v) is 11.6. The van der Waals surface area contributed by atoms with E-state index in [1.165, 1.54) is 11.8 Å². The number of fused-ring (bicyclic) bond motifs is 1. The van der Waals surface area contributed by atoms with Crippen molar-refractivity contribution in [1.29, 1.82) is 0 Å². The molecule has 7 heteroatoms. The maximum Gasteiger partial charge on any atom is 0.263 e. The van der Waals surface area contributed by atoms with Gasteiger partial charge in [-0.15, -0.1) is 0 Å². The van der Waals surface area contributed by atoms with Crippen LogP contribution in [0.4, 0.5) is 0 Å². The van der Waals surface area contributed by atoms with Crippen molar-refractivity contribution in [3.63, 3.8) is 0 Å². The van der Waals surface area contributed by atoms with Gasteiger partial charge in [0, 0.05) is 35.4 Å². The van der Waals surface area contributed by atoms with Crippen molar-refractivity contribution in [2.45, 2.75) is 31.6 Å². The Morgan fingerprint density at radius 2 is 1.68 bits per heavy atom. The first kappa shape index (κ1) is 21.4.